The van der Waals surface area contributed by atoms with Crippen LogP contribution in [0.25, 0.3) is 0 Å². The Morgan fingerprint density at radius 2 is 0.933 bits per heavy atom. The zero-order valence-electron chi connectivity index (χ0n) is 16.0. The minimum absolute atomic E-state index is 0.196. The first kappa shape index (κ1) is 20.2. The van der Waals surface area contributed by atoms with Crippen LogP contribution in [0.2, 0.25) is 10.0 Å². The number of hydrogen-bond donors (Lipinski definition) is 2. The summed E-state index contributed by atoms with van der Waals surface area (Å²) in [5, 5.41) is 8.59. The van der Waals surface area contributed by atoms with E-state index in [-0.39, 0.29) is 12.1 Å². The van der Waals surface area contributed by atoms with Crippen molar-refractivity contribution in [3.63, 3.8) is 0 Å². The molecule has 150 valence electrons. The zero-order valence-corrected chi connectivity index (χ0v) is 17.6. The molecule has 0 saturated carbocycles. The van der Waals surface area contributed by atoms with Crippen LogP contribution < -0.4 is 10.6 Å². The van der Waals surface area contributed by atoms with E-state index in [9.17, 15) is 0 Å². The lowest BCUT2D eigenvalue weighted by Gasteiger charge is -2.30. The average Bonchev–Trinajstić information content (AvgIpc) is 2.80. The van der Waals surface area contributed by atoms with Gasteiger partial charge in [0.15, 0.2) is 0 Å². The van der Waals surface area contributed by atoms with Gasteiger partial charge in [0.25, 0.3) is 0 Å². The molecule has 4 rings (SSSR count). The Balaban J connectivity index is 1.75. The second-order valence-corrected chi connectivity index (χ2v) is 7.64. The number of rotatable bonds is 7. The van der Waals surface area contributed by atoms with Crippen LogP contribution in [-0.4, -0.2) is 9.97 Å². The first-order valence-corrected chi connectivity index (χ1v) is 10.3. The van der Waals surface area contributed by atoms with E-state index in [4.69, 9.17) is 23.2 Å². The van der Waals surface area contributed by atoms with Crippen molar-refractivity contribution in [1.29, 1.82) is 0 Å². The van der Waals surface area contributed by atoms with Crippen molar-refractivity contribution in [3.8, 4) is 0 Å². The van der Waals surface area contributed by atoms with Crippen LogP contribution in [0, 0.1) is 0 Å². The first-order chi connectivity index (χ1) is 14.7. The molecular weight excluding hydrogens is 415 g/mol. The van der Waals surface area contributed by atoms with Crippen LogP contribution in [0.15, 0.2) is 97.3 Å². The summed E-state index contributed by atoms with van der Waals surface area (Å²) in [4.78, 5) is 9.23. The van der Waals surface area contributed by atoms with Gasteiger partial charge in [-0.15, -0.1) is 0 Å². The fraction of sp³-hybridized carbons (Fsp3) is 0.0833. The van der Waals surface area contributed by atoms with Crippen LogP contribution in [0.4, 0.5) is 11.4 Å². The number of nitrogens with one attached hydrogen (secondary N) is 2. The van der Waals surface area contributed by atoms with E-state index in [1.165, 1.54) is 0 Å². The maximum Gasteiger partial charge on any atom is 0.0945 e. The highest BCUT2D eigenvalue weighted by Crippen LogP contribution is 2.34. The third-order valence-electron chi connectivity index (χ3n) is 4.68. The van der Waals surface area contributed by atoms with Gasteiger partial charge < -0.3 is 10.6 Å². The van der Waals surface area contributed by atoms with E-state index in [1.54, 1.807) is 12.4 Å². The first-order valence-electron chi connectivity index (χ1n) is 9.55. The molecule has 0 aliphatic carbocycles. The summed E-state index contributed by atoms with van der Waals surface area (Å²) in [6.45, 7) is 0. The molecule has 4 aromatic rings. The van der Waals surface area contributed by atoms with Gasteiger partial charge in [-0.25, -0.2) is 0 Å². The Bertz CT molecular complexity index is 967. The Labute approximate surface area is 185 Å². The van der Waals surface area contributed by atoms with Crippen LogP contribution in [0.5, 0.6) is 0 Å². The Kier molecular flexibility index (Phi) is 6.47. The lowest BCUT2D eigenvalue weighted by Crippen LogP contribution is -2.27. The van der Waals surface area contributed by atoms with Crippen molar-refractivity contribution in [2.45, 2.75) is 12.1 Å². The van der Waals surface area contributed by atoms with Gasteiger partial charge in [0, 0.05) is 33.8 Å². The molecule has 0 fully saturated rings. The molecule has 6 heteroatoms. The van der Waals surface area contributed by atoms with Gasteiger partial charge in [-0.1, -0.05) is 35.3 Å². The molecule has 0 bridgehead atoms. The number of anilines is 2. The fourth-order valence-electron chi connectivity index (χ4n) is 3.23. The summed E-state index contributed by atoms with van der Waals surface area (Å²) >= 11 is 12.1. The average molecular weight is 435 g/mol. The van der Waals surface area contributed by atoms with Crippen molar-refractivity contribution in [3.05, 3.63) is 119 Å². The maximum atomic E-state index is 6.07. The molecule has 4 nitrogen and oxygen atoms in total. The lowest BCUT2D eigenvalue weighted by molar-refractivity contribution is 0.618. The van der Waals surface area contributed by atoms with Gasteiger partial charge in [0.05, 0.1) is 23.5 Å². The summed E-state index contributed by atoms with van der Waals surface area (Å²) in [7, 11) is 0. The maximum absolute atomic E-state index is 6.07. The third-order valence-corrected chi connectivity index (χ3v) is 5.18. The van der Waals surface area contributed by atoms with E-state index in [2.05, 4.69) is 20.6 Å². The van der Waals surface area contributed by atoms with E-state index in [0.717, 1.165) is 22.8 Å². The van der Waals surface area contributed by atoms with Gasteiger partial charge >= 0.3 is 0 Å². The normalized spacial score (nSPS) is 12.7. The Morgan fingerprint density at radius 3 is 1.27 bits per heavy atom. The fourth-order valence-corrected chi connectivity index (χ4v) is 3.48. The van der Waals surface area contributed by atoms with Crippen molar-refractivity contribution in [2.24, 2.45) is 0 Å². The second-order valence-electron chi connectivity index (χ2n) is 6.77. The predicted octanol–water partition coefficient (Wildman–Crippen LogP) is 6.79. The Hall–Kier alpha value is -3.08. The van der Waals surface area contributed by atoms with Gasteiger partial charge in [-0.2, -0.15) is 0 Å². The molecule has 2 N–H and O–H groups in total. The number of aromatic nitrogens is 2. The monoisotopic (exact) mass is 434 g/mol. The van der Waals surface area contributed by atoms with Crippen LogP contribution in [0.3, 0.4) is 0 Å². The highest BCUT2D eigenvalue weighted by molar-refractivity contribution is 6.30. The van der Waals surface area contributed by atoms with Crippen molar-refractivity contribution in [1.82, 2.24) is 9.97 Å². The molecule has 2 aromatic carbocycles. The summed E-state index contributed by atoms with van der Waals surface area (Å²) in [6.07, 6.45) is 3.59. The van der Waals surface area contributed by atoms with Crippen molar-refractivity contribution in [2.75, 3.05) is 10.6 Å². The molecule has 30 heavy (non-hydrogen) atoms. The summed E-state index contributed by atoms with van der Waals surface area (Å²) in [5.74, 6) is 0. The smallest absolute Gasteiger partial charge is 0.0945 e. The zero-order chi connectivity index (χ0) is 20.8. The molecule has 0 spiro atoms. The Morgan fingerprint density at radius 1 is 0.533 bits per heavy atom. The number of pyridine rings is 2. The number of nitrogens with zero attached hydrogens (tertiary/aromatic N) is 2. The summed E-state index contributed by atoms with van der Waals surface area (Å²) in [5.41, 5.74) is 3.66. The molecule has 0 aliphatic heterocycles. The number of benzene rings is 2. The van der Waals surface area contributed by atoms with E-state index >= 15 is 0 Å². The van der Waals surface area contributed by atoms with Crippen molar-refractivity contribution < 1.29 is 0 Å². The van der Waals surface area contributed by atoms with Gasteiger partial charge in [-0.05, 0) is 72.8 Å². The molecule has 0 aliphatic rings. The van der Waals surface area contributed by atoms with E-state index < -0.39 is 0 Å². The van der Waals surface area contributed by atoms with Gasteiger partial charge in [-0.3, -0.25) is 9.97 Å². The molecule has 0 amide bonds. The number of hydrogen-bond acceptors (Lipinski definition) is 4. The lowest BCUT2D eigenvalue weighted by atomic mass is 9.99. The van der Waals surface area contributed by atoms with Gasteiger partial charge in [0.2, 0.25) is 0 Å². The second kappa shape index (κ2) is 9.61. The van der Waals surface area contributed by atoms with Gasteiger partial charge in [0.1, 0.15) is 0 Å². The highest BCUT2D eigenvalue weighted by atomic mass is 35.5. The third kappa shape index (κ3) is 5.09. The molecule has 2 unspecified atom stereocenters. The largest absolute Gasteiger partial charge is 0.374 e. The molecule has 0 radical (unpaired) electrons. The molecule has 0 saturated heterocycles. The predicted molar refractivity (Wildman–Crippen MR) is 124 cm³/mol. The van der Waals surface area contributed by atoms with Crippen LogP contribution >= 0.6 is 23.2 Å². The standard InChI is InChI=1S/C24H20Cl2N4/c25-17-7-11-19(12-8-17)29-23(21-5-1-3-15-27-21)24(22-6-2-4-16-28-22)30-20-13-9-18(26)10-14-20/h1-16,23-24,29-30H. The number of halogens is 2. The van der Waals surface area contributed by atoms with Crippen molar-refractivity contribution >= 4 is 34.6 Å². The van der Waals surface area contributed by atoms with Crippen LogP contribution in [-0.2, 0) is 0 Å². The SMILES string of the molecule is Clc1ccc(NC(c2ccccn2)C(Nc2ccc(Cl)cc2)c2ccccn2)cc1. The topological polar surface area (TPSA) is 49.8 Å². The minimum Gasteiger partial charge on any atom is -0.374 e. The van der Waals surface area contributed by atoms with E-state index in [0.29, 0.717) is 10.0 Å². The molecular formula is C24H20Cl2N4. The quantitative estimate of drug-likeness (QED) is 0.336. The molecule has 2 aromatic heterocycles. The molecule has 2 atom stereocenters. The minimum atomic E-state index is -0.196. The summed E-state index contributed by atoms with van der Waals surface area (Å²) < 4.78 is 0. The highest BCUT2D eigenvalue weighted by Gasteiger charge is 2.27. The summed E-state index contributed by atoms with van der Waals surface area (Å²) in [6, 6.07) is 26.7. The van der Waals surface area contributed by atoms with E-state index in [1.807, 2.05) is 84.9 Å². The van der Waals surface area contributed by atoms with Crippen LogP contribution in [0.1, 0.15) is 23.5 Å². The molecule has 2 heterocycles.